The molecule has 7 unspecified atom stereocenters. The minimum Gasteiger partial charge on any atom is -0.508 e. The number of hydrogen-bond donors (Lipinski definition) is 3. The summed E-state index contributed by atoms with van der Waals surface area (Å²) >= 11 is 8.63. The first kappa shape index (κ1) is 60.6. The largest absolute Gasteiger partial charge is 0.508 e. The zero-order valence-corrected chi connectivity index (χ0v) is 51.6. The van der Waals surface area contributed by atoms with Crippen molar-refractivity contribution in [3.8, 4) is 33.3 Å². The number of phenols is 1. The number of nitrogens with one attached hydrogen (secondary N) is 2. The molecule has 0 aliphatic carbocycles. The van der Waals surface area contributed by atoms with Crippen molar-refractivity contribution in [1.82, 2.24) is 45.4 Å². The van der Waals surface area contributed by atoms with E-state index in [0.717, 1.165) is 111 Å². The van der Waals surface area contributed by atoms with Crippen LogP contribution in [-0.2, 0) is 14.3 Å². The standard InChI is InChI=1S/C46H54ClFN8O5.C13H14N2OS.C6H11NO/c1-27(2)28(3)38-22-39(52-61-38)53-15-17-54(18-16-53)45(58)59-25-32-11-13-46(12-6-14-56(32)46)26-60-44-50-42-36(43(51-44)55-23-30-9-10-31(24-55)49-30)21-37(47)40(41(42)48)35-20-33(57)19-29-7-4-5-8-34(29)35;1-9(14-7-16)11-3-5-12(6-4-11)13-10(2)15-8-17-13;1-6-3-2-4-7(6)5-8/h4-5,7-8,19-22,27-28,30-32,49,57H,6,9-18,23-26H2,1-3H3;3-9H,1-2H3,(H,14,16);5-6H,2-4H2,1H3. The predicted octanol–water partition coefficient (Wildman–Crippen LogP) is 11.5. The maximum Gasteiger partial charge on any atom is 0.409 e. The third kappa shape index (κ3) is 12.9. The van der Waals surface area contributed by atoms with Gasteiger partial charge < -0.3 is 49.3 Å². The van der Waals surface area contributed by atoms with E-state index in [0.29, 0.717) is 80.2 Å². The normalized spacial score (nSPS) is 22.5. The molecular weight excluding hydrogens is 1130 g/mol. The van der Waals surface area contributed by atoms with Crippen molar-refractivity contribution in [1.29, 1.82) is 0 Å². The highest BCUT2D eigenvalue weighted by molar-refractivity contribution is 7.13. The van der Waals surface area contributed by atoms with Gasteiger partial charge in [0, 0.05) is 92.9 Å². The third-order valence-corrected chi connectivity index (χ3v) is 20.0. The second-order valence-electron chi connectivity index (χ2n) is 24.4. The topological polar surface area (TPSA) is 195 Å². The zero-order chi connectivity index (χ0) is 60.2. The molecule has 3 aromatic heterocycles. The van der Waals surface area contributed by atoms with Gasteiger partial charge in [-0.1, -0.05) is 86.1 Å². The smallest absolute Gasteiger partial charge is 0.409 e. The molecule has 21 heteroatoms. The number of aromatic hydroxyl groups is 1. The fourth-order valence-electron chi connectivity index (χ4n) is 13.3. The maximum atomic E-state index is 17.2. The van der Waals surface area contributed by atoms with Crippen molar-refractivity contribution in [3.63, 3.8) is 0 Å². The Bertz CT molecular complexity index is 3510. The highest BCUT2D eigenvalue weighted by Gasteiger charge is 2.50. The fourth-order valence-corrected chi connectivity index (χ4v) is 14.4. The molecule has 0 saturated carbocycles. The van der Waals surface area contributed by atoms with Crippen molar-refractivity contribution < 1.29 is 37.9 Å². The van der Waals surface area contributed by atoms with Crippen molar-refractivity contribution in [2.45, 2.75) is 135 Å². The Kier molecular flexibility index (Phi) is 18.6. The number of fused-ring (bicyclic) bond motifs is 5. The summed E-state index contributed by atoms with van der Waals surface area (Å²) in [6.45, 7) is 18.9. The summed E-state index contributed by atoms with van der Waals surface area (Å²) in [5.74, 6) is 2.48. The van der Waals surface area contributed by atoms with Gasteiger partial charge >= 0.3 is 12.1 Å². The molecule has 2 bridgehead atoms. The lowest BCUT2D eigenvalue weighted by Gasteiger charge is -2.36. The quantitative estimate of drug-likeness (QED) is 0.0820. The number of aromatic nitrogens is 4. The van der Waals surface area contributed by atoms with E-state index in [1.807, 2.05) is 66.7 Å². The molecule has 9 heterocycles. The van der Waals surface area contributed by atoms with Crippen molar-refractivity contribution >= 4 is 75.2 Å². The molecule has 3 N–H and O–H groups in total. The molecule has 86 heavy (non-hydrogen) atoms. The highest BCUT2D eigenvalue weighted by atomic mass is 35.5. The minimum absolute atomic E-state index is 0.0187. The number of aryl methyl sites for hydroxylation is 1. The molecule has 7 atom stereocenters. The van der Waals surface area contributed by atoms with Crippen LogP contribution in [0.5, 0.6) is 11.8 Å². The van der Waals surface area contributed by atoms with Crippen LogP contribution in [0.15, 0.2) is 82.8 Å². The molecule has 7 aromatic rings. The van der Waals surface area contributed by atoms with Crippen molar-refractivity contribution in [2.75, 3.05) is 75.4 Å². The van der Waals surface area contributed by atoms with Gasteiger partial charge in [0.15, 0.2) is 11.6 Å². The van der Waals surface area contributed by atoms with Crippen LogP contribution in [0.2, 0.25) is 5.02 Å². The predicted molar refractivity (Wildman–Crippen MR) is 335 cm³/mol. The molecule has 6 fully saturated rings. The number of piperazine rings is 2. The van der Waals surface area contributed by atoms with E-state index in [1.54, 1.807) is 34.4 Å². The van der Waals surface area contributed by atoms with Crippen LogP contribution in [0.1, 0.15) is 115 Å². The molecule has 13 rings (SSSR count). The Balaban J connectivity index is 0.000000253. The lowest BCUT2D eigenvalue weighted by molar-refractivity contribution is -0.118. The number of halogens is 2. The van der Waals surface area contributed by atoms with E-state index in [-0.39, 0.29) is 57.5 Å². The van der Waals surface area contributed by atoms with Gasteiger partial charge in [0.05, 0.1) is 32.7 Å². The lowest BCUT2D eigenvalue weighted by Crippen LogP contribution is -2.51. The van der Waals surface area contributed by atoms with Gasteiger partial charge in [-0.3, -0.25) is 14.5 Å². The maximum absolute atomic E-state index is 17.2. The molecule has 3 amide bonds. The van der Waals surface area contributed by atoms with E-state index in [1.165, 1.54) is 23.3 Å². The molecule has 6 aliphatic heterocycles. The summed E-state index contributed by atoms with van der Waals surface area (Å²) in [7, 11) is 0. The number of nitrogens with zero attached hydrogens (tertiary/aromatic N) is 9. The number of carbonyl (C=O) groups excluding carboxylic acids is 3. The van der Waals surface area contributed by atoms with Gasteiger partial charge in [-0.05, 0) is 130 Å². The van der Waals surface area contributed by atoms with Crippen molar-refractivity contribution in [2.24, 2.45) is 5.92 Å². The third-order valence-electron chi connectivity index (χ3n) is 18.7. The number of likely N-dealkylation sites (tertiary alicyclic amines) is 1. The Labute approximate surface area is 511 Å². The Hall–Kier alpha value is -7.13. The van der Waals surface area contributed by atoms with Crippen LogP contribution in [0.4, 0.5) is 20.8 Å². The van der Waals surface area contributed by atoms with Crippen LogP contribution >= 0.6 is 22.9 Å². The molecule has 18 nitrogen and oxygen atoms in total. The molecule has 4 aromatic carbocycles. The fraction of sp³-hybridized carbons (Fsp3) is 0.492. The van der Waals surface area contributed by atoms with E-state index in [9.17, 15) is 19.5 Å². The second-order valence-corrected chi connectivity index (χ2v) is 25.7. The SMILES string of the molecule is CC(C)C(C)c1cc(N2CCN(C(=O)OCC3CCC4(COc5nc(N6CC7CCC(C6)N7)c6cc(Cl)c(-c7cc(O)cc8ccccc78)c(F)c6n5)CCCN34)CC2)no1.CC1CCCN1C=O.Cc1ncsc1-c1ccc(C(C)NC=O)cc1. The number of carbonyl (C=O) groups is 3. The minimum atomic E-state index is -0.585. The van der Waals surface area contributed by atoms with Crippen LogP contribution < -0.4 is 25.2 Å². The summed E-state index contributed by atoms with van der Waals surface area (Å²) in [6, 6.07) is 24.1. The summed E-state index contributed by atoms with van der Waals surface area (Å²) in [5.41, 5.74) is 5.70. The highest BCUT2D eigenvalue weighted by Crippen LogP contribution is 2.45. The molecule has 0 radical (unpaired) electrons. The van der Waals surface area contributed by atoms with E-state index in [2.05, 4.69) is 75.3 Å². The van der Waals surface area contributed by atoms with E-state index >= 15 is 4.39 Å². The number of benzene rings is 4. The summed E-state index contributed by atoms with van der Waals surface area (Å²) in [6.07, 6.45) is 9.56. The molecule has 6 saturated heterocycles. The first-order valence-electron chi connectivity index (χ1n) is 30.5. The van der Waals surface area contributed by atoms with Gasteiger partial charge in [-0.25, -0.2) is 14.2 Å². The lowest BCUT2D eigenvalue weighted by atomic mass is 9.95. The zero-order valence-electron chi connectivity index (χ0n) is 50.0. The monoisotopic (exact) mass is 1210 g/mol. The van der Waals surface area contributed by atoms with Gasteiger partial charge in [0.2, 0.25) is 12.8 Å². The number of phenolic OH excluding ortho intramolecular Hbond substituents is 1. The molecule has 0 spiro atoms. The van der Waals surface area contributed by atoms with Crippen LogP contribution in [0.3, 0.4) is 0 Å². The number of thiazole rings is 1. The number of rotatable bonds is 15. The number of hydrogen-bond acceptors (Lipinski definition) is 16. The summed E-state index contributed by atoms with van der Waals surface area (Å²) < 4.78 is 35.4. The summed E-state index contributed by atoms with van der Waals surface area (Å²) in [4.78, 5) is 59.5. The average Bonchev–Trinajstić information content (AvgIpc) is 1.20. The van der Waals surface area contributed by atoms with Crippen LogP contribution in [0, 0.1) is 18.7 Å². The van der Waals surface area contributed by atoms with E-state index in [4.69, 9.17) is 35.6 Å². The van der Waals surface area contributed by atoms with E-state index < -0.39 is 5.82 Å². The van der Waals surface area contributed by atoms with Gasteiger partial charge in [0.1, 0.15) is 36.1 Å². The Morgan fingerprint density at radius 1 is 0.919 bits per heavy atom. The average molecular weight is 1210 g/mol. The number of ether oxygens (including phenoxy) is 2. The second kappa shape index (κ2) is 26.5. The van der Waals surface area contributed by atoms with Crippen molar-refractivity contribution in [3.05, 3.63) is 106 Å². The Morgan fingerprint density at radius 3 is 2.37 bits per heavy atom. The first-order valence-corrected chi connectivity index (χ1v) is 31.7. The molecule has 456 valence electrons. The first-order chi connectivity index (χ1) is 41.6. The molecule has 6 aliphatic rings. The molecular formula is C65H79ClFN11O7S. The van der Waals surface area contributed by atoms with Gasteiger partial charge in [-0.2, -0.15) is 9.97 Å². The number of anilines is 2. The van der Waals surface area contributed by atoms with Gasteiger partial charge in [0.25, 0.3) is 0 Å². The van der Waals surface area contributed by atoms with Crippen LogP contribution in [-0.4, -0.2) is 154 Å². The number of amides is 3. The van der Waals surface area contributed by atoms with Crippen LogP contribution in [0.25, 0.3) is 43.2 Å². The van der Waals surface area contributed by atoms with Gasteiger partial charge in [-0.15, -0.1) is 11.3 Å². The Morgan fingerprint density at radius 2 is 1.69 bits per heavy atom. The summed E-state index contributed by atoms with van der Waals surface area (Å²) in [5, 5.41) is 23.7.